The highest BCUT2D eigenvalue weighted by Gasteiger charge is 2.26. The molecule has 0 bridgehead atoms. The Morgan fingerprint density at radius 2 is 1.58 bits per heavy atom. The van der Waals surface area contributed by atoms with Gasteiger partial charge in [-0.25, -0.2) is 0 Å². The molecular formula is C17H26N2. The summed E-state index contributed by atoms with van der Waals surface area (Å²) in [6.07, 6.45) is 6.65. The van der Waals surface area contributed by atoms with Gasteiger partial charge in [0.2, 0.25) is 0 Å². The number of nitrogens with zero attached hydrogens (tertiary/aromatic N) is 2. The maximum atomic E-state index is 2.72. The minimum atomic E-state index is 0.855. The summed E-state index contributed by atoms with van der Waals surface area (Å²) in [6, 6.07) is 10.0. The van der Waals surface area contributed by atoms with Gasteiger partial charge in [-0.2, -0.15) is 0 Å². The van der Waals surface area contributed by atoms with Crippen LogP contribution in [-0.4, -0.2) is 37.1 Å². The van der Waals surface area contributed by atoms with E-state index in [4.69, 9.17) is 0 Å². The van der Waals surface area contributed by atoms with Crippen LogP contribution in [0.4, 0.5) is 5.69 Å². The molecule has 0 unspecified atom stereocenters. The number of aryl methyl sites for hydroxylation is 1. The lowest BCUT2D eigenvalue weighted by atomic mass is 10.0. The Morgan fingerprint density at radius 1 is 0.947 bits per heavy atom. The maximum Gasteiger partial charge on any atom is 0.0366 e. The summed E-state index contributed by atoms with van der Waals surface area (Å²) in [7, 11) is 0. The quantitative estimate of drug-likeness (QED) is 0.820. The molecule has 2 heteroatoms. The number of piperidine rings is 1. The second-order valence-electron chi connectivity index (χ2n) is 5.98. The summed E-state index contributed by atoms with van der Waals surface area (Å²) >= 11 is 0. The Kier molecular flexibility index (Phi) is 4.07. The van der Waals surface area contributed by atoms with Crippen LogP contribution in [0, 0.1) is 0 Å². The molecule has 0 atom stereocenters. The molecule has 0 aromatic heterocycles. The van der Waals surface area contributed by atoms with Gasteiger partial charge in [-0.3, -0.25) is 0 Å². The zero-order valence-corrected chi connectivity index (χ0v) is 12.1. The van der Waals surface area contributed by atoms with Gasteiger partial charge in [0.25, 0.3) is 0 Å². The van der Waals surface area contributed by atoms with Crippen molar-refractivity contribution in [3.63, 3.8) is 0 Å². The van der Waals surface area contributed by atoms with Crippen LogP contribution < -0.4 is 4.90 Å². The first-order chi connectivity index (χ1) is 9.36. The van der Waals surface area contributed by atoms with E-state index in [0.29, 0.717) is 0 Å². The molecule has 0 aliphatic carbocycles. The lowest BCUT2D eigenvalue weighted by Crippen LogP contribution is -2.43. The van der Waals surface area contributed by atoms with Crippen molar-refractivity contribution in [2.24, 2.45) is 0 Å². The zero-order chi connectivity index (χ0) is 13.1. The van der Waals surface area contributed by atoms with E-state index in [1.807, 2.05) is 0 Å². The predicted molar refractivity (Wildman–Crippen MR) is 81.9 cm³/mol. The molecule has 19 heavy (non-hydrogen) atoms. The van der Waals surface area contributed by atoms with Gasteiger partial charge in [0, 0.05) is 24.8 Å². The van der Waals surface area contributed by atoms with E-state index in [-0.39, 0.29) is 0 Å². The van der Waals surface area contributed by atoms with Crippen LogP contribution in [0.2, 0.25) is 0 Å². The average molecular weight is 258 g/mol. The molecule has 1 aromatic carbocycles. The fourth-order valence-electron chi connectivity index (χ4n) is 3.54. The van der Waals surface area contributed by atoms with Crippen molar-refractivity contribution in [3.8, 4) is 0 Å². The smallest absolute Gasteiger partial charge is 0.0366 e. The van der Waals surface area contributed by atoms with E-state index in [2.05, 4.69) is 41.0 Å². The lowest BCUT2D eigenvalue weighted by molar-refractivity contribution is 0.208. The van der Waals surface area contributed by atoms with Gasteiger partial charge in [0.15, 0.2) is 0 Å². The van der Waals surface area contributed by atoms with Gasteiger partial charge in [-0.1, -0.05) is 19.1 Å². The van der Waals surface area contributed by atoms with Gasteiger partial charge < -0.3 is 9.80 Å². The third kappa shape index (κ3) is 2.94. The lowest BCUT2D eigenvalue weighted by Gasteiger charge is -2.37. The van der Waals surface area contributed by atoms with Crippen molar-refractivity contribution < 1.29 is 0 Å². The Balaban J connectivity index is 1.56. The Bertz CT molecular complexity index is 384. The van der Waals surface area contributed by atoms with E-state index >= 15 is 0 Å². The summed E-state index contributed by atoms with van der Waals surface area (Å²) in [5, 5.41) is 0. The Labute approximate surface area is 117 Å². The Morgan fingerprint density at radius 3 is 2.16 bits per heavy atom. The first-order valence-electron chi connectivity index (χ1n) is 7.95. The normalized spacial score (nSPS) is 22.1. The summed E-state index contributed by atoms with van der Waals surface area (Å²) in [6.45, 7) is 7.36. The topological polar surface area (TPSA) is 6.48 Å². The molecule has 2 saturated heterocycles. The molecule has 3 rings (SSSR count). The minimum absolute atomic E-state index is 0.855. The number of hydrogen-bond acceptors (Lipinski definition) is 2. The fraction of sp³-hybridized carbons (Fsp3) is 0.647. The largest absolute Gasteiger partial charge is 0.371 e. The molecule has 2 nitrogen and oxygen atoms in total. The molecule has 104 valence electrons. The van der Waals surface area contributed by atoms with Crippen molar-refractivity contribution in [1.82, 2.24) is 4.90 Å². The molecule has 0 amide bonds. The van der Waals surface area contributed by atoms with Crippen molar-refractivity contribution in [3.05, 3.63) is 29.8 Å². The number of anilines is 1. The number of likely N-dealkylation sites (tertiary alicyclic amines) is 1. The highest BCUT2D eigenvalue weighted by molar-refractivity contribution is 5.48. The van der Waals surface area contributed by atoms with Gasteiger partial charge in [-0.05, 0) is 62.9 Å². The number of rotatable bonds is 3. The third-order valence-corrected chi connectivity index (χ3v) is 4.83. The summed E-state index contributed by atoms with van der Waals surface area (Å²) in [4.78, 5) is 5.28. The second kappa shape index (κ2) is 5.96. The van der Waals surface area contributed by atoms with Gasteiger partial charge in [-0.15, -0.1) is 0 Å². The van der Waals surface area contributed by atoms with E-state index in [1.165, 1.54) is 63.1 Å². The SMILES string of the molecule is CCc1ccc(N2CCC(N3CCCC3)CC2)cc1. The summed E-state index contributed by atoms with van der Waals surface area (Å²) < 4.78 is 0. The zero-order valence-electron chi connectivity index (χ0n) is 12.1. The van der Waals surface area contributed by atoms with Crippen molar-refractivity contribution in [2.75, 3.05) is 31.1 Å². The monoisotopic (exact) mass is 258 g/mol. The Hall–Kier alpha value is -1.02. The van der Waals surface area contributed by atoms with Crippen LogP contribution in [0.25, 0.3) is 0 Å². The molecule has 0 saturated carbocycles. The molecular weight excluding hydrogens is 232 g/mol. The van der Waals surface area contributed by atoms with E-state index < -0.39 is 0 Å². The van der Waals surface area contributed by atoms with Crippen LogP contribution in [0.15, 0.2) is 24.3 Å². The van der Waals surface area contributed by atoms with Gasteiger partial charge in [0.1, 0.15) is 0 Å². The molecule has 0 radical (unpaired) electrons. The van der Waals surface area contributed by atoms with Crippen LogP contribution in [-0.2, 0) is 6.42 Å². The average Bonchev–Trinajstić information content (AvgIpc) is 3.02. The highest BCUT2D eigenvalue weighted by atomic mass is 15.2. The number of hydrogen-bond donors (Lipinski definition) is 0. The molecule has 0 N–H and O–H groups in total. The second-order valence-corrected chi connectivity index (χ2v) is 5.98. The van der Waals surface area contributed by atoms with Crippen LogP contribution in [0.5, 0.6) is 0 Å². The van der Waals surface area contributed by atoms with Crippen LogP contribution in [0.1, 0.15) is 38.2 Å². The van der Waals surface area contributed by atoms with Crippen molar-refractivity contribution in [2.45, 2.75) is 45.1 Å². The molecule has 2 heterocycles. The molecule has 1 aromatic rings. The molecule has 2 aliphatic heterocycles. The highest BCUT2D eigenvalue weighted by Crippen LogP contribution is 2.25. The van der Waals surface area contributed by atoms with Crippen molar-refractivity contribution in [1.29, 1.82) is 0 Å². The fourth-order valence-corrected chi connectivity index (χ4v) is 3.54. The predicted octanol–water partition coefficient (Wildman–Crippen LogP) is 3.31. The molecule has 2 aliphatic rings. The van der Waals surface area contributed by atoms with Crippen molar-refractivity contribution >= 4 is 5.69 Å². The summed E-state index contributed by atoms with van der Waals surface area (Å²) in [5.41, 5.74) is 2.85. The standard InChI is InChI=1S/C17H26N2/c1-2-15-5-7-16(8-6-15)19-13-9-17(10-14-19)18-11-3-4-12-18/h5-8,17H,2-4,9-14H2,1H3. The molecule has 0 spiro atoms. The summed E-state index contributed by atoms with van der Waals surface area (Å²) in [5.74, 6) is 0. The van der Waals surface area contributed by atoms with Crippen LogP contribution >= 0.6 is 0 Å². The van der Waals surface area contributed by atoms with Crippen LogP contribution in [0.3, 0.4) is 0 Å². The van der Waals surface area contributed by atoms with Gasteiger partial charge >= 0.3 is 0 Å². The van der Waals surface area contributed by atoms with Gasteiger partial charge in [0.05, 0.1) is 0 Å². The van der Waals surface area contributed by atoms with E-state index in [1.54, 1.807) is 0 Å². The molecule has 2 fully saturated rings. The van der Waals surface area contributed by atoms with E-state index in [0.717, 1.165) is 12.5 Å². The van der Waals surface area contributed by atoms with E-state index in [9.17, 15) is 0 Å². The number of benzene rings is 1. The first kappa shape index (κ1) is 13.0. The third-order valence-electron chi connectivity index (χ3n) is 4.83. The first-order valence-corrected chi connectivity index (χ1v) is 7.95. The minimum Gasteiger partial charge on any atom is -0.371 e. The maximum absolute atomic E-state index is 2.72.